The average molecular weight is 258 g/mol. The van der Waals surface area contributed by atoms with Gasteiger partial charge < -0.3 is 5.32 Å². The molecule has 2 heterocycles. The van der Waals surface area contributed by atoms with Crippen molar-refractivity contribution < 1.29 is 0 Å². The van der Waals surface area contributed by atoms with E-state index in [1.165, 1.54) is 30.4 Å². The van der Waals surface area contributed by atoms with Crippen molar-refractivity contribution in [1.29, 1.82) is 0 Å². The zero-order chi connectivity index (χ0) is 12.4. The van der Waals surface area contributed by atoms with Crippen LogP contribution in [0, 0.1) is 0 Å². The number of nitrogens with zero attached hydrogens (tertiary/aromatic N) is 1. The first-order valence-corrected chi connectivity index (χ1v) is 7.45. The number of nitrogens with one attached hydrogen (secondary N) is 1. The Morgan fingerprint density at radius 1 is 1.44 bits per heavy atom. The maximum Gasteiger partial charge on any atom is 0.0336 e. The van der Waals surface area contributed by atoms with Gasteiger partial charge in [-0.25, -0.2) is 0 Å². The SMILES string of the molecule is CC(NC1CCCc2sccc21)c1cccnc1. The van der Waals surface area contributed by atoms with Crippen molar-refractivity contribution >= 4 is 11.3 Å². The number of thiophene rings is 1. The molecule has 0 fully saturated rings. The largest absolute Gasteiger partial charge is 0.303 e. The van der Waals surface area contributed by atoms with E-state index in [1.54, 1.807) is 4.88 Å². The Morgan fingerprint density at radius 2 is 2.39 bits per heavy atom. The molecule has 1 aliphatic rings. The minimum Gasteiger partial charge on any atom is -0.303 e. The van der Waals surface area contributed by atoms with Crippen LogP contribution in [-0.2, 0) is 6.42 Å². The topological polar surface area (TPSA) is 24.9 Å². The molecule has 0 bridgehead atoms. The van der Waals surface area contributed by atoms with E-state index < -0.39 is 0 Å². The quantitative estimate of drug-likeness (QED) is 0.904. The zero-order valence-corrected chi connectivity index (χ0v) is 11.4. The van der Waals surface area contributed by atoms with E-state index in [0.29, 0.717) is 12.1 Å². The van der Waals surface area contributed by atoms with Crippen molar-refractivity contribution in [1.82, 2.24) is 10.3 Å². The van der Waals surface area contributed by atoms with Gasteiger partial charge in [0.1, 0.15) is 0 Å². The average Bonchev–Trinajstić information content (AvgIpc) is 2.89. The Labute approximate surface area is 112 Å². The van der Waals surface area contributed by atoms with Crippen molar-refractivity contribution in [3.8, 4) is 0 Å². The molecule has 0 saturated carbocycles. The summed E-state index contributed by atoms with van der Waals surface area (Å²) < 4.78 is 0. The lowest BCUT2D eigenvalue weighted by Crippen LogP contribution is -2.27. The summed E-state index contributed by atoms with van der Waals surface area (Å²) in [7, 11) is 0. The van der Waals surface area contributed by atoms with Crippen LogP contribution in [0.5, 0.6) is 0 Å². The van der Waals surface area contributed by atoms with Gasteiger partial charge >= 0.3 is 0 Å². The second-order valence-electron chi connectivity index (χ2n) is 4.92. The summed E-state index contributed by atoms with van der Waals surface area (Å²) in [5.41, 5.74) is 2.78. The van der Waals surface area contributed by atoms with Crippen molar-refractivity contribution in [2.75, 3.05) is 0 Å². The Hall–Kier alpha value is -1.19. The molecule has 0 aliphatic heterocycles. The summed E-state index contributed by atoms with van der Waals surface area (Å²) in [6, 6.07) is 7.30. The molecule has 3 heteroatoms. The van der Waals surface area contributed by atoms with Crippen LogP contribution in [0.25, 0.3) is 0 Å². The molecule has 94 valence electrons. The van der Waals surface area contributed by atoms with Crippen molar-refractivity contribution in [2.24, 2.45) is 0 Å². The van der Waals surface area contributed by atoms with Crippen LogP contribution in [0.2, 0.25) is 0 Å². The normalized spacial score (nSPS) is 20.4. The van der Waals surface area contributed by atoms with E-state index in [4.69, 9.17) is 0 Å². The van der Waals surface area contributed by atoms with E-state index in [2.05, 4.69) is 34.7 Å². The van der Waals surface area contributed by atoms with Crippen LogP contribution in [0.3, 0.4) is 0 Å². The number of pyridine rings is 1. The smallest absolute Gasteiger partial charge is 0.0336 e. The molecule has 2 nitrogen and oxygen atoms in total. The third kappa shape index (κ3) is 2.33. The van der Waals surface area contributed by atoms with Gasteiger partial charge in [0, 0.05) is 29.4 Å². The van der Waals surface area contributed by atoms with Crippen LogP contribution in [-0.4, -0.2) is 4.98 Å². The highest BCUT2D eigenvalue weighted by Gasteiger charge is 2.22. The summed E-state index contributed by atoms with van der Waals surface area (Å²) in [5, 5.41) is 5.97. The lowest BCUT2D eigenvalue weighted by Gasteiger charge is -2.27. The summed E-state index contributed by atoms with van der Waals surface area (Å²) in [4.78, 5) is 5.76. The number of aromatic nitrogens is 1. The fourth-order valence-corrected chi connectivity index (χ4v) is 3.68. The third-order valence-electron chi connectivity index (χ3n) is 3.69. The monoisotopic (exact) mass is 258 g/mol. The van der Waals surface area contributed by atoms with Crippen LogP contribution in [0.15, 0.2) is 36.0 Å². The molecule has 1 aliphatic carbocycles. The summed E-state index contributed by atoms with van der Waals surface area (Å²) in [6.07, 6.45) is 7.58. The number of aryl methyl sites for hydroxylation is 1. The lowest BCUT2D eigenvalue weighted by molar-refractivity contribution is 0.418. The van der Waals surface area contributed by atoms with Gasteiger partial charge in [-0.2, -0.15) is 0 Å². The molecular weight excluding hydrogens is 240 g/mol. The number of hydrogen-bond acceptors (Lipinski definition) is 3. The molecule has 18 heavy (non-hydrogen) atoms. The van der Waals surface area contributed by atoms with Gasteiger partial charge in [-0.3, -0.25) is 4.98 Å². The van der Waals surface area contributed by atoms with Gasteiger partial charge in [0.25, 0.3) is 0 Å². The predicted octanol–water partition coefficient (Wildman–Crippen LogP) is 3.87. The summed E-state index contributed by atoms with van der Waals surface area (Å²) >= 11 is 1.90. The van der Waals surface area contributed by atoms with Gasteiger partial charge in [0.05, 0.1) is 0 Å². The Bertz CT molecular complexity index is 506. The first kappa shape index (κ1) is 11.9. The minimum absolute atomic E-state index is 0.356. The van der Waals surface area contributed by atoms with Crippen molar-refractivity contribution in [2.45, 2.75) is 38.3 Å². The summed E-state index contributed by atoms with van der Waals surface area (Å²) in [6.45, 7) is 2.22. The highest BCUT2D eigenvalue weighted by Crippen LogP contribution is 2.34. The third-order valence-corrected chi connectivity index (χ3v) is 4.68. The zero-order valence-electron chi connectivity index (χ0n) is 10.6. The highest BCUT2D eigenvalue weighted by molar-refractivity contribution is 7.10. The Kier molecular flexibility index (Phi) is 3.43. The Balaban J connectivity index is 1.75. The van der Waals surface area contributed by atoms with E-state index >= 15 is 0 Å². The number of hydrogen-bond donors (Lipinski definition) is 1. The van der Waals surface area contributed by atoms with Crippen molar-refractivity contribution in [3.05, 3.63) is 52.0 Å². The first-order chi connectivity index (χ1) is 8.84. The molecule has 2 unspecified atom stereocenters. The fraction of sp³-hybridized carbons (Fsp3) is 0.400. The maximum absolute atomic E-state index is 4.20. The lowest BCUT2D eigenvalue weighted by atomic mass is 9.93. The molecule has 0 aromatic carbocycles. The molecule has 0 spiro atoms. The minimum atomic E-state index is 0.356. The fourth-order valence-electron chi connectivity index (χ4n) is 2.69. The van der Waals surface area contributed by atoms with E-state index in [9.17, 15) is 0 Å². The maximum atomic E-state index is 4.20. The summed E-state index contributed by atoms with van der Waals surface area (Å²) in [5.74, 6) is 0. The molecule has 0 saturated heterocycles. The van der Waals surface area contributed by atoms with Crippen LogP contribution in [0.1, 0.15) is 47.9 Å². The van der Waals surface area contributed by atoms with Crippen molar-refractivity contribution in [3.63, 3.8) is 0 Å². The van der Waals surface area contributed by atoms with Crippen LogP contribution >= 0.6 is 11.3 Å². The predicted molar refractivity (Wildman–Crippen MR) is 75.8 cm³/mol. The molecule has 3 rings (SSSR count). The molecule has 2 aromatic rings. The Morgan fingerprint density at radius 3 is 3.22 bits per heavy atom. The van der Waals surface area contributed by atoms with Gasteiger partial charge in [-0.05, 0) is 54.8 Å². The van der Waals surface area contributed by atoms with E-state index in [1.807, 2.05) is 29.8 Å². The van der Waals surface area contributed by atoms with Gasteiger partial charge in [0.2, 0.25) is 0 Å². The van der Waals surface area contributed by atoms with Gasteiger partial charge in [-0.15, -0.1) is 11.3 Å². The van der Waals surface area contributed by atoms with Crippen LogP contribution in [0.4, 0.5) is 0 Å². The number of fused-ring (bicyclic) bond motifs is 1. The van der Waals surface area contributed by atoms with E-state index in [0.717, 1.165) is 0 Å². The second-order valence-corrected chi connectivity index (χ2v) is 5.92. The highest BCUT2D eigenvalue weighted by atomic mass is 32.1. The van der Waals surface area contributed by atoms with Gasteiger partial charge in [0.15, 0.2) is 0 Å². The number of rotatable bonds is 3. The van der Waals surface area contributed by atoms with Gasteiger partial charge in [-0.1, -0.05) is 6.07 Å². The van der Waals surface area contributed by atoms with E-state index in [-0.39, 0.29) is 0 Å². The molecule has 0 radical (unpaired) electrons. The molecule has 2 atom stereocenters. The second kappa shape index (κ2) is 5.21. The molecule has 2 aromatic heterocycles. The molecule has 0 amide bonds. The van der Waals surface area contributed by atoms with Crippen LogP contribution < -0.4 is 5.32 Å². The molecule has 1 N–H and O–H groups in total. The standard InChI is InChI=1S/C15H18N2S/c1-11(12-4-3-8-16-10-12)17-14-5-2-6-15-13(14)7-9-18-15/h3-4,7-11,14,17H,2,5-6H2,1H3. The first-order valence-electron chi connectivity index (χ1n) is 6.57. The molecular formula is C15H18N2S.